The van der Waals surface area contributed by atoms with Crippen LogP contribution in [-0.2, 0) is 16.0 Å². The van der Waals surface area contributed by atoms with Crippen molar-refractivity contribution >= 4 is 17.4 Å². The van der Waals surface area contributed by atoms with Crippen molar-refractivity contribution in [3.63, 3.8) is 0 Å². The van der Waals surface area contributed by atoms with Crippen molar-refractivity contribution in [2.45, 2.75) is 38.3 Å². The number of hydrogen-bond donors (Lipinski definition) is 2. The smallest absolute Gasteiger partial charge is 0.334 e. The first kappa shape index (κ1) is 23.8. The van der Waals surface area contributed by atoms with Gasteiger partial charge in [0.1, 0.15) is 0 Å². The summed E-state index contributed by atoms with van der Waals surface area (Å²) in [5, 5.41) is 13.1. The first-order valence-corrected chi connectivity index (χ1v) is 11.1. The van der Waals surface area contributed by atoms with Gasteiger partial charge < -0.3 is 20.1 Å². The van der Waals surface area contributed by atoms with E-state index >= 15 is 0 Å². The normalized spacial score (nSPS) is 19.8. The molecule has 2 atom stereocenters. The van der Waals surface area contributed by atoms with Gasteiger partial charge in [-0.15, -0.1) is 0 Å². The minimum absolute atomic E-state index is 0.00456. The second-order valence-corrected chi connectivity index (χ2v) is 8.48. The molecule has 0 saturated carbocycles. The molecular formula is C25H25F3N2O4. The van der Waals surface area contributed by atoms with Crippen LogP contribution < -0.4 is 10.1 Å². The number of aryl methyl sites for hydroxylation is 1. The molecule has 2 aliphatic rings. The molecule has 0 aliphatic carbocycles. The lowest BCUT2D eigenvalue weighted by molar-refractivity contribution is -0.137. The molecule has 2 N–H and O–H groups in total. The number of aliphatic carboxylic acids is 1. The molecule has 6 nitrogen and oxygen atoms in total. The zero-order valence-corrected chi connectivity index (χ0v) is 18.6. The summed E-state index contributed by atoms with van der Waals surface area (Å²) in [4.78, 5) is 25.9. The summed E-state index contributed by atoms with van der Waals surface area (Å²) in [5.74, 6) is -5.36. The summed E-state index contributed by atoms with van der Waals surface area (Å²) in [7, 11) is 0. The van der Waals surface area contributed by atoms with Crippen molar-refractivity contribution in [1.29, 1.82) is 0 Å². The molecule has 2 aromatic rings. The number of nitrogens with zero attached hydrogens (tertiary/aromatic N) is 1. The third kappa shape index (κ3) is 4.65. The molecule has 2 heterocycles. The number of piperazine rings is 1. The molecule has 1 unspecified atom stereocenters. The number of carboxylic acids is 1. The van der Waals surface area contributed by atoms with Crippen molar-refractivity contribution in [1.82, 2.24) is 10.2 Å². The summed E-state index contributed by atoms with van der Waals surface area (Å²) in [6, 6.07) is 8.36. The van der Waals surface area contributed by atoms with E-state index in [0.29, 0.717) is 38.4 Å². The molecule has 2 aromatic carbocycles. The minimum Gasteiger partial charge on any atom is -0.488 e. The van der Waals surface area contributed by atoms with E-state index in [-0.39, 0.29) is 24.1 Å². The fourth-order valence-electron chi connectivity index (χ4n) is 4.78. The first-order valence-electron chi connectivity index (χ1n) is 11.1. The Morgan fingerprint density at radius 2 is 1.79 bits per heavy atom. The summed E-state index contributed by atoms with van der Waals surface area (Å²) >= 11 is 0. The van der Waals surface area contributed by atoms with E-state index < -0.39 is 35.2 Å². The number of carboxylic acid groups (broad SMARTS) is 1. The molecule has 1 saturated heterocycles. The van der Waals surface area contributed by atoms with E-state index in [1.807, 2.05) is 24.3 Å². The van der Waals surface area contributed by atoms with Gasteiger partial charge in [-0.1, -0.05) is 24.3 Å². The van der Waals surface area contributed by atoms with Crippen LogP contribution in [0, 0.1) is 17.5 Å². The molecule has 4 rings (SSSR count). The van der Waals surface area contributed by atoms with E-state index in [9.17, 15) is 27.9 Å². The lowest BCUT2D eigenvalue weighted by Gasteiger charge is -2.47. The molecule has 2 aliphatic heterocycles. The van der Waals surface area contributed by atoms with Crippen LogP contribution >= 0.6 is 0 Å². The molecule has 180 valence electrons. The van der Waals surface area contributed by atoms with Crippen LogP contribution in [0.5, 0.6) is 5.75 Å². The van der Waals surface area contributed by atoms with Gasteiger partial charge in [0.15, 0.2) is 17.4 Å². The predicted molar refractivity (Wildman–Crippen MR) is 119 cm³/mol. The number of hydrogen-bond acceptors (Lipinski definition) is 4. The largest absolute Gasteiger partial charge is 0.488 e. The Bertz CT molecular complexity index is 1130. The Morgan fingerprint density at radius 1 is 1.09 bits per heavy atom. The SMILES string of the molecule is CC(=O)N1C2CNC[C@@H]1C(C(=O)O)=C(c1ccc(CCCOc3c(F)ccc(F)c3F)cc1)C2. The highest BCUT2D eigenvalue weighted by Gasteiger charge is 2.42. The van der Waals surface area contributed by atoms with Crippen LogP contribution in [0.2, 0.25) is 0 Å². The van der Waals surface area contributed by atoms with Gasteiger partial charge in [0.25, 0.3) is 0 Å². The molecule has 9 heteroatoms. The fourth-order valence-corrected chi connectivity index (χ4v) is 4.78. The zero-order chi connectivity index (χ0) is 24.4. The van der Waals surface area contributed by atoms with Crippen LogP contribution in [-0.4, -0.2) is 53.7 Å². The third-order valence-corrected chi connectivity index (χ3v) is 6.30. The number of ether oxygens (including phenoxy) is 1. The Balaban J connectivity index is 1.45. The summed E-state index contributed by atoms with van der Waals surface area (Å²) in [6.45, 7) is 2.47. The number of rotatable bonds is 7. The standard InChI is InChI=1S/C25H25F3N2O4/c1-14(31)30-17-11-18(22(25(32)33)21(30)13-29-12-17)16-6-4-15(5-7-16)3-2-10-34-24-20(27)9-8-19(26)23(24)28/h4-9,17,21,29H,2-3,10-13H2,1H3,(H,32,33)/t17?,21-/m1/s1. The molecule has 1 amide bonds. The van der Waals surface area contributed by atoms with E-state index in [1.54, 1.807) is 4.90 Å². The number of halogens is 3. The van der Waals surface area contributed by atoms with Gasteiger partial charge in [-0.3, -0.25) is 4.79 Å². The highest BCUT2D eigenvalue weighted by atomic mass is 19.2. The number of carbonyl (C=O) groups excluding carboxylic acids is 1. The van der Waals surface area contributed by atoms with Gasteiger partial charge >= 0.3 is 5.97 Å². The van der Waals surface area contributed by atoms with Crippen LogP contribution in [0.4, 0.5) is 13.2 Å². The average Bonchev–Trinajstić information content (AvgIpc) is 2.80. The van der Waals surface area contributed by atoms with E-state index in [1.165, 1.54) is 6.92 Å². The van der Waals surface area contributed by atoms with E-state index in [2.05, 4.69) is 5.32 Å². The monoisotopic (exact) mass is 474 g/mol. The highest BCUT2D eigenvalue weighted by molar-refractivity contribution is 5.99. The van der Waals surface area contributed by atoms with Crippen molar-refractivity contribution in [2.24, 2.45) is 0 Å². The number of fused-ring (bicyclic) bond motifs is 2. The second kappa shape index (κ2) is 9.89. The van der Waals surface area contributed by atoms with Gasteiger partial charge in [0, 0.05) is 26.1 Å². The Hall–Kier alpha value is -3.33. The topological polar surface area (TPSA) is 78.9 Å². The second-order valence-electron chi connectivity index (χ2n) is 8.48. The Morgan fingerprint density at radius 3 is 2.47 bits per heavy atom. The van der Waals surface area contributed by atoms with Crippen LogP contribution in [0.15, 0.2) is 42.0 Å². The quantitative estimate of drug-likeness (QED) is 0.474. The minimum atomic E-state index is -1.34. The van der Waals surface area contributed by atoms with Crippen LogP contribution in [0.25, 0.3) is 5.57 Å². The molecule has 34 heavy (non-hydrogen) atoms. The van der Waals surface area contributed by atoms with Crippen molar-refractivity contribution in [3.05, 3.63) is 70.5 Å². The molecule has 0 spiro atoms. The maximum absolute atomic E-state index is 13.7. The van der Waals surface area contributed by atoms with Gasteiger partial charge in [-0.25, -0.2) is 13.6 Å². The Kier molecular flexibility index (Phi) is 6.92. The predicted octanol–water partition coefficient (Wildman–Crippen LogP) is 3.55. The van der Waals surface area contributed by atoms with Gasteiger partial charge in [0.05, 0.1) is 18.2 Å². The van der Waals surface area contributed by atoms with Crippen LogP contribution in [0.3, 0.4) is 0 Å². The first-order chi connectivity index (χ1) is 16.3. The molecule has 0 radical (unpaired) electrons. The number of amides is 1. The zero-order valence-electron chi connectivity index (χ0n) is 18.6. The highest BCUT2D eigenvalue weighted by Crippen LogP contribution is 2.36. The van der Waals surface area contributed by atoms with Crippen molar-refractivity contribution in [3.8, 4) is 5.75 Å². The summed E-state index contributed by atoms with van der Waals surface area (Å²) in [6.07, 6.45) is 1.45. The lowest BCUT2D eigenvalue weighted by atomic mass is 9.82. The van der Waals surface area contributed by atoms with Crippen molar-refractivity contribution in [2.75, 3.05) is 19.7 Å². The number of carbonyl (C=O) groups is 2. The average molecular weight is 474 g/mol. The van der Waals surface area contributed by atoms with Crippen LogP contribution in [0.1, 0.15) is 30.9 Å². The molecule has 1 fully saturated rings. The number of nitrogens with one attached hydrogen (secondary N) is 1. The van der Waals surface area contributed by atoms with Gasteiger partial charge in [-0.2, -0.15) is 4.39 Å². The number of benzene rings is 2. The van der Waals surface area contributed by atoms with Gasteiger partial charge in [0.2, 0.25) is 11.7 Å². The summed E-state index contributed by atoms with van der Waals surface area (Å²) < 4.78 is 45.7. The van der Waals surface area contributed by atoms with E-state index in [4.69, 9.17) is 4.74 Å². The van der Waals surface area contributed by atoms with E-state index in [0.717, 1.165) is 22.8 Å². The maximum atomic E-state index is 13.7. The Labute approximate surface area is 195 Å². The lowest BCUT2D eigenvalue weighted by Crippen LogP contribution is -2.62. The summed E-state index contributed by atoms with van der Waals surface area (Å²) in [5.41, 5.74) is 2.70. The molecule has 2 bridgehead atoms. The fraction of sp³-hybridized carbons (Fsp3) is 0.360. The third-order valence-electron chi connectivity index (χ3n) is 6.30. The van der Waals surface area contributed by atoms with Crippen molar-refractivity contribution < 1.29 is 32.6 Å². The van der Waals surface area contributed by atoms with Gasteiger partial charge in [-0.05, 0) is 48.1 Å². The maximum Gasteiger partial charge on any atom is 0.334 e. The molecular weight excluding hydrogens is 449 g/mol. The molecule has 0 aromatic heterocycles.